The third kappa shape index (κ3) is 39.6. The van der Waals surface area contributed by atoms with Gasteiger partial charge in [-0.05, 0) is 46.3 Å². The molecule has 0 N–H and O–H groups in total. The van der Waals surface area contributed by atoms with E-state index in [-0.39, 0.29) is 29.6 Å². The van der Waals surface area contributed by atoms with Gasteiger partial charge in [0.2, 0.25) is 0 Å². The van der Waals surface area contributed by atoms with E-state index >= 15 is 0 Å². The standard InChI is InChI=1S/C7H12O2.C6H12O2.C6H12OS/c1-3-4-7(9)5-6(2)8;1-3-8-5-4-6(2)7;1-3-4-8-5-6(2)7/h3-5H2,1-2H3;2*3-5H2,1-2H3. The summed E-state index contributed by atoms with van der Waals surface area (Å²) in [6, 6.07) is 0. The van der Waals surface area contributed by atoms with Crippen LogP contribution in [-0.4, -0.2) is 47.9 Å². The second-order valence-electron chi connectivity index (χ2n) is 5.57. The van der Waals surface area contributed by atoms with Crippen LogP contribution in [0.3, 0.4) is 0 Å². The highest BCUT2D eigenvalue weighted by Gasteiger charge is 2.01. The van der Waals surface area contributed by atoms with Crippen LogP contribution in [0.25, 0.3) is 0 Å². The number of rotatable bonds is 12. The van der Waals surface area contributed by atoms with Crippen molar-refractivity contribution in [1.29, 1.82) is 0 Å². The highest BCUT2D eigenvalue weighted by Crippen LogP contribution is 2.00. The summed E-state index contributed by atoms with van der Waals surface area (Å²) in [6.45, 7) is 11.9. The van der Waals surface area contributed by atoms with Crippen LogP contribution >= 0.6 is 11.8 Å². The molecule has 0 aromatic rings. The molecule has 0 atom stereocenters. The average molecular weight is 377 g/mol. The summed E-state index contributed by atoms with van der Waals surface area (Å²) < 4.78 is 4.92. The Hall–Kier alpha value is -1.01. The fourth-order valence-corrected chi connectivity index (χ4v) is 2.09. The van der Waals surface area contributed by atoms with Gasteiger partial charge in [0.25, 0.3) is 0 Å². The number of ketones is 4. The highest BCUT2D eigenvalue weighted by atomic mass is 32.2. The molecule has 0 bridgehead atoms. The Kier molecular flexibility index (Phi) is 26.5. The summed E-state index contributed by atoms with van der Waals surface area (Å²) >= 11 is 1.71. The monoisotopic (exact) mass is 376 g/mol. The molecule has 0 aromatic carbocycles. The molecule has 0 saturated carbocycles. The van der Waals surface area contributed by atoms with E-state index in [4.69, 9.17) is 4.74 Å². The molecule has 148 valence electrons. The van der Waals surface area contributed by atoms with Crippen molar-refractivity contribution in [1.82, 2.24) is 0 Å². The first kappa shape index (κ1) is 28.8. The van der Waals surface area contributed by atoms with E-state index in [2.05, 4.69) is 6.92 Å². The smallest absolute Gasteiger partial charge is 0.140 e. The molecule has 5 nitrogen and oxygen atoms in total. The first-order chi connectivity index (χ1) is 11.7. The molecule has 0 unspecified atom stereocenters. The van der Waals surface area contributed by atoms with Crippen LogP contribution in [0.5, 0.6) is 0 Å². The zero-order valence-electron chi connectivity index (χ0n) is 16.8. The quantitative estimate of drug-likeness (QED) is 0.378. The Balaban J connectivity index is -0.000000291. The second kappa shape index (κ2) is 23.0. The lowest BCUT2D eigenvalue weighted by atomic mass is 10.1. The van der Waals surface area contributed by atoms with Crippen LogP contribution in [0.15, 0.2) is 0 Å². The minimum atomic E-state index is -0.0338. The number of hydrogen-bond donors (Lipinski definition) is 0. The van der Waals surface area contributed by atoms with E-state index in [1.54, 1.807) is 25.6 Å². The molecule has 0 radical (unpaired) electrons. The average Bonchev–Trinajstić information content (AvgIpc) is 2.48. The van der Waals surface area contributed by atoms with Crippen LogP contribution < -0.4 is 0 Å². The Labute approximate surface area is 157 Å². The molecule has 0 fully saturated rings. The Morgan fingerprint density at radius 2 is 1.40 bits per heavy atom. The molecular formula is C19H36O5S. The third-order valence-electron chi connectivity index (χ3n) is 2.43. The van der Waals surface area contributed by atoms with E-state index in [1.807, 2.05) is 13.8 Å². The lowest BCUT2D eigenvalue weighted by molar-refractivity contribution is -0.126. The van der Waals surface area contributed by atoms with Gasteiger partial charge in [0, 0.05) is 19.4 Å². The van der Waals surface area contributed by atoms with Gasteiger partial charge in [-0.15, -0.1) is 0 Å². The zero-order valence-corrected chi connectivity index (χ0v) is 17.6. The van der Waals surface area contributed by atoms with E-state index in [0.29, 0.717) is 31.8 Å². The summed E-state index contributed by atoms with van der Waals surface area (Å²) in [4.78, 5) is 41.5. The normalized spacial score (nSPS) is 9.20. The third-order valence-corrected chi connectivity index (χ3v) is 3.74. The molecule has 0 spiro atoms. The maximum atomic E-state index is 10.6. The topological polar surface area (TPSA) is 77.5 Å². The van der Waals surface area contributed by atoms with Gasteiger partial charge >= 0.3 is 0 Å². The van der Waals surface area contributed by atoms with Crippen LogP contribution in [0.1, 0.15) is 73.6 Å². The van der Waals surface area contributed by atoms with Gasteiger partial charge in [-0.25, -0.2) is 0 Å². The molecule has 0 rings (SSSR count). The highest BCUT2D eigenvalue weighted by molar-refractivity contribution is 7.99. The molecule has 0 heterocycles. The van der Waals surface area contributed by atoms with Crippen molar-refractivity contribution in [2.45, 2.75) is 73.6 Å². The lowest BCUT2D eigenvalue weighted by Crippen LogP contribution is -2.02. The first-order valence-corrected chi connectivity index (χ1v) is 10.0. The van der Waals surface area contributed by atoms with E-state index in [0.717, 1.165) is 18.6 Å². The summed E-state index contributed by atoms with van der Waals surface area (Å²) in [5.41, 5.74) is 0. The van der Waals surface area contributed by atoms with Crippen molar-refractivity contribution in [2.24, 2.45) is 0 Å². The number of ether oxygens (including phenoxy) is 1. The maximum absolute atomic E-state index is 10.6. The zero-order chi connectivity index (χ0) is 20.1. The van der Waals surface area contributed by atoms with Gasteiger partial charge < -0.3 is 4.74 Å². The molecule has 0 saturated heterocycles. The molecule has 0 amide bonds. The Morgan fingerprint density at radius 3 is 1.76 bits per heavy atom. The first-order valence-electron chi connectivity index (χ1n) is 8.86. The van der Waals surface area contributed by atoms with Gasteiger partial charge in [0.05, 0.1) is 18.8 Å². The van der Waals surface area contributed by atoms with Crippen LogP contribution in [0.2, 0.25) is 0 Å². The summed E-state index contributed by atoms with van der Waals surface area (Å²) in [6.07, 6.45) is 3.21. The molecular weight excluding hydrogens is 340 g/mol. The van der Waals surface area contributed by atoms with Gasteiger partial charge in [0.15, 0.2) is 0 Å². The summed E-state index contributed by atoms with van der Waals surface area (Å²) in [5.74, 6) is 2.30. The Bertz CT molecular complexity index is 347. The predicted molar refractivity (Wildman–Crippen MR) is 105 cm³/mol. The second-order valence-corrected chi connectivity index (χ2v) is 6.68. The molecule has 0 aliphatic heterocycles. The van der Waals surface area contributed by atoms with Crippen LogP contribution in [-0.2, 0) is 23.9 Å². The SMILES string of the molecule is CCCC(=O)CC(C)=O.CCCSCC(C)=O.CCOCCC(C)=O. The van der Waals surface area contributed by atoms with Gasteiger partial charge in [-0.3, -0.25) is 19.2 Å². The molecule has 0 aliphatic carbocycles. The van der Waals surface area contributed by atoms with Gasteiger partial charge in [0.1, 0.15) is 23.1 Å². The fourth-order valence-electron chi connectivity index (χ4n) is 1.37. The van der Waals surface area contributed by atoms with Crippen molar-refractivity contribution < 1.29 is 23.9 Å². The van der Waals surface area contributed by atoms with Crippen molar-refractivity contribution in [3.63, 3.8) is 0 Å². The Morgan fingerprint density at radius 1 is 0.800 bits per heavy atom. The number of thioether (sulfide) groups is 1. The number of Topliss-reactive ketones (excluding diaryl/α,β-unsaturated/α-hetero) is 4. The number of hydrogen-bond acceptors (Lipinski definition) is 6. The van der Waals surface area contributed by atoms with E-state index < -0.39 is 0 Å². The van der Waals surface area contributed by atoms with Crippen LogP contribution in [0.4, 0.5) is 0 Å². The lowest BCUT2D eigenvalue weighted by Gasteiger charge is -1.94. The van der Waals surface area contributed by atoms with Crippen LogP contribution in [0, 0.1) is 0 Å². The van der Waals surface area contributed by atoms with Crippen molar-refractivity contribution in [3.05, 3.63) is 0 Å². The van der Waals surface area contributed by atoms with Crippen molar-refractivity contribution in [2.75, 3.05) is 24.7 Å². The largest absolute Gasteiger partial charge is 0.381 e. The molecule has 6 heteroatoms. The number of carbonyl (C=O) groups is 4. The van der Waals surface area contributed by atoms with E-state index in [9.17, 15) is 19.2 Å². The van der Waals surface area contributed by atoms with Gasteiger partial charge in [-0.2, -0.15) is 11.8 Å². The minimum Gasteiger partial charge on any atom is -0.381 e. The predicted octanol–water partition coefficient (Wildman–Crippen LogP) is 4.06. The maximum Gasteiger partial charge on any atom is 0.140 e. The van der Waals surface area contributed by atoms with Gasteiger partial charge in [-0.1, -0.05) is 13.8 Å². The number of carbonyl (C=O) groups excluding carboxylic acids is 4. The van der Waals surface area contributed by atoms with Crippen molar-refractivity contribution >= 4 is 34.9 Å². The van der Waals surface area contributed by atoms with E-state index in [1.165, 1.54) is 6.92 Å². The molecule has 0 aliphatic rings. The van der Waals surface area contributed by atoms with Crippen molar-refractivity contribution in [3.8, 4) is 0 Å². The molecule has 0 aromatic heterocycles. The summed E-state index contributed by atoms with van der Waals surface area (Å²) in [5, 5.41) is 0. The fraction of sp³-hybridized carbons (Fsp3) is 0.789. The summed E-state index contributed by atoms with van der Waals surface area (Å²) in [7, 11) is 0. The minimum absolute atomic E-state index is 0.0338. The molecule has 25 heavy (non-hydrogen) atoms.